The van der Waals surface area contributed by atoms with Crippen molar-refractivity contribution in [2.75, 3.05) is 0 Å². The number of carbonyl (C=O) groups excluding carboxylic acids is 1. The van der Waals surface area contributed by atoms with E-state index in [4.69, 9.17) is 4.74 Å². The molecule has 0 radical (unpaired) electrons. The summed E-state index contributed by atoms with van der Waals surface area (Å²) in [7, 11) is 0. The SMILES string of the molecule is CC(=O)OC12C3C4C1C1C2C3C41I. The third-order valence-corrected chi connectivity index (χ3v) is 7.89. The first-order chi connectivity index (χ1) is 6.15. The van der Waals surface area contributed by atoms with Crippen LogP contribution in [0.3, 0.4) is 0 Å². The molecule has 6 aliphatic rings. The summed E-state index contributed by atoms with van der Waals surface area (Å²) in [6.07, 6.45) is 0. The molecular weight excluding hydrogens is 279 g/mol. The summed E-state index contributed by atoms with van der Waals surface area (Å²) in [6.45, 7) is 1.56. The molecule has 0 atom stereocenters. The Morgan fingerprint density at radius 3 is 2.00 bits per heavy atom. The summed E-state index contributed by atoms with van der Waals surface area (Å²) >= 11 is 2.68. The highest BCUT2D eigenvalue weighted by molar-refractivity contribution is 14.1. The standard InChI is InChI=1S/C10H9IO2/c1-2(12)13-10-6-3-7(10)5-8(10)4(6)9(3,5)11/h3-8H,1H3. The highest BCUT2D eigenvalue weighted by Crippen LogP contribution is 3.06. The van der Waals surface area contributed by atoms with Crippen LogP contribution < -0.4 is 0 Å². The normalized spacial score (nSPS) is 82.0. The van der Waals surface area contributed by atoms with Gasteiger partial charge in [-0.15, -0.1) is 0 Å². The van der Waals surface area contributed by atoms with Crippen LogP contribution in [0.4, 0.5) is 0 Å². The second kappa shape index (κ2) is 1.31. The zero-order valence-electron chi connectivity index (χ0n) is 7.16. The van der Waals surface area contributed by atoms with E-state index >= 15 is 0 Å². The molecule has 6 rings (SSSR count). The zero-order chi connectivity index (χ0) is 8.75. The summed E-state index contributed by atoms with van der Waals surface area (Å²) in [4.78, 5) is 11.0. The maximum atomic E-state index is 11.0. The van der Waals surface area contributed by atoms with Crippen LogP contribution in [0.1, 0.15) is 6.92 Å². The molecule has 68 valence electrons. The summed E-state index contributed by atoms with van der Waals surface area (Å²) in [5.41, 5.74) is 0.110. The Bertz CT molecular complexity index is 335. The number of carbonyl (C=O) groups is 1. The van der Waals surface area contributed by atoms with Gasteiger partial charge in [0, 0.05) is 28.1 Å². The Kier molecular flexibility index (Phi) is 0.668. The zero-order valence-corrected chi connectivity index (χ0v) is 9.32. The highest BCUT2D eigenvalue weighted by Gasteiger charge is 3.11. The number of ether oxygens (including phenoxy) is 1. The van der Waals surface area contributed by atoms with Crippen LogP contribution in [0.25, 0.3) is 0 Å². The second-order valence-electron chi connectivity index (χ2n) is 5.43. The molecule has 0 aromatic carbocycles. The molecule has 0 saturated heterocycles. The summed E-state index contributed by atoms with van der Waals surface area (Å²) < 4.78 is 6.26. The maximum Gasteiger partial charge on any atom is 0.303 e. The smallest absolute Gasteiger partial charge is 0.303 e. The fourth-order valence-electron chi connectivity index (χ4n) is 5.75. The van der Waals surface area contributed by atoms with Gasteiger partial charge in [0.25, 0.3) is 0 Å². The first-order valence-corrected chi connectivity index (χ1v) is 6.11. The Morgan fingerprint density at radius 2 is 1.62 bits per heavy atom. The van der Waals surface area contributed by atoms with E-state index in [0.29, 0.717) is 3.42 Å². The monoisotopic (exact) mass is 288 g/mol. The van der Waals surface area contributed by atoms with Gasteiger partial charge in [-0.25, -0.2) is 0 Å². The molecule has 13 heavy (non-hydrogen) atoms. The van der Waals surface area contributed by atoms with Gasteiger partial charge in [-0.2, -0.15) is 0 Å². The minimum absolute atomic E-state index is 0.0572. The molecular formula is C10H9IO2. The van der Waals surface area contributed by atoms with E-state index in [1.54, 1.807) is 6.92 Å². The molecule has 2 nitrogen and oxygen atoms in total. The lowest BCUT2D eigenvalue weighted by atomic mass is 8.99. The topological polar surface area (TPSA) is 26.3 Å². The minimum Gasteiger partial charge on any atom is -0.458 e. The molecule has 6 aliphatic carbocycles. The number of alkyl halides is 1. The van der Waals surface area contributed by atoms with E-state index < -0.39 is 0 Å². The fourth-order valence-corrected chi connectivity index (χ4v) is 8.07. The summed E-state index contributed by atoms with van der Waals surface area (Å²) in [5.74, 6) is 5.19. The first kappa shape index (κ1) is 6.64. The van der Waals surface area contributed by atoms with Crippen molar-refractivity contribution in [3.63, 3.8) is 0 Å². The fraction of sp³-hybridized carbons (Fsp3) is 0.900. The van der Waals surface area contributed by atoms with Gasteiger partial charge in [0.1, 0.15) is 5.60 Å². The third kappa shape index (κ3) is 0.299. The van der Waals surface area contributed by atoms with Crippen molar-refractivity contribution in [2.24, 2.45) is 35.5 Å². The molecule has 0 aliphatic heterocycles. The van der Waals surface area contributed by atoms with Crippen LogP contribution in [-0.4, -0.2) is 15.0 Å². The van der Waals surface area contributed by atoms with E-state index in [9.17, 15) is 4.79 Å². The average molecular weight is 288 g/mol. The Labute approximate surface area is 89.5 Å². The van der Waals surface area contributed by atoms with Crippen molar-refractivity contribution in [3.05, 3.63) is 0 Å². The van der Waals surface area contributed by atoms with Crippen LogP contribution in [0, 0.1) is 35.5 Å². The van der Waals surface area contributed by atoms with Crippen LogP contribution in [0.2, 0.25) is 0 Å². The van der Waals surface area contributed by atoms with E-state index in [2.05, 4.69) is 22.6 Å². The molecule has 0 bridgehead atoms. The van der Waals surface area contributed by atoms with Crippen LogP contribution >= 0.6 is 22.6 Å². The third-order valence-electron chi connectivity index (χ3n) is 5.74. The van der Waals surface area contributed by atoms with Gasteiger partial charge in [0.15, 0.2) is 0 Å². The van der Waals surface area contributed by atoms with Crippen molar-refractivity contribution >= 4 is 28.6 Å². The van der Waals surface area contributed by atoms with Crippen LogP contribution in [0.5, 0.6) is 0 Å². The number of hydrogen-bond acceptors (Lipinski definition) is 2. The summed E-state index contributed by atoms with van der Waals surface area (Å²) in [5, 5.41) is 0. The molecule has 3 heteroatoms. The lowest BCUT2D eigenvalue weighted by Crippen LogP contribution is -3.14. The van der Waals surface area contributed by atoms with E-state index in [-0.39, 0.29) is 11.6 Å². The predicted molar refractivity (Wildman–Crippen MR) is 52.2 cm³/mol. The van der Waals surface area contributed by atoms with Crippen molar-refractivity contribution in [3.8, 4) is 0 Å². The van der Waals surface area contributed by atoms with Gasteiger partial charge in [-0.05, 0) is 17.8 Å². The van der Waals surface area contributed by atoms with E-state index in [0.717, 1.165) is 35.5 Å². The molecule has 0 unspecified atom stereocenters. The summed E-state index contributed by atoms with van der Waals surface area (Å²) in [6, 6.07) is 0. The van der Waals surface area contributed by atoms with Crippen molar-refractivity contribution in [1.29, 1.82) is 0 Å². The largest absolute Gasteiger partial charge is 0.458 e. The molecule has 0 N–H and O–H groups in total. The predicted octanol–water partition coefficient (Wildman–Crippen LogP) is 1.23. The number of esters is 1. The van der Waals surface area contributed by atoms with E-state index in [1.807, 2.05) is 0 Å². The van der Waals surface area contributed by atoms with Gasteiger partial charge in [-0.3, -0.25) is 4.79 Å². The maximum absolute atomic E-state index is 11.0. The Balaban J connectivity index is 1.59. The van der Waals surface area contributed by atoms with E-state index in [1.165, 1.54) is 0 Å². The second-order valence-corrected chi connectivity index (χ2v) is 7.30. The van der Waals surface area contributed by atoms with Gasteiger partial charge in [-0.1, -0.05) is 22.6 Å². The number of hydrogen-bond donors (Lipinski definition) is 0. The molecule has 0 amide bonds. The minimum atomic E-state index is -0.0572. The molecule has 6 fully saturated rings. The van der Waals surface area contributed by atoms with Crippen molar-refractivity contribution < 1.29 is 9.53 Å². The number of rotatable bonds is 1. The molecule has 0 heterocycles. The average Bonchev–Trinajstić information content (AvgIpc) is 2.10. The molecule has 6 saturated carbocycles. The molecule has 0 aromatic heterocycles. The van der Waals surface area contributed by atoms with Crippen LogP contribution in [-0.2, 0) is 9.53 Å². The van der Waals surface area contributed by atoms with Gasteiger partial charge < -0.3 is 4.74 Å². The van der Waals surface area contributed by atoms with Gasteiger partial charge in [0.05, 0.1) is 0 Å². The quantitative estimate of drug-likeness (QED) is 0.412. The first-order valence-electron chi connectivity index (χ1n) is 5.03. The Hall–Kier alpha value is 0.200. The van der Waals surface area contributed by atoms with Gasteiger partial charge in [0.2, 0.25) is 0 Å². The lowest BCUT2D eigenvalue weighted by Gasteiger charge is -3.08. The molecule has 0 aromatic rings. The van der Waals surface area contributed by atoms with Crippen molar-refractivity contribution in [2.45, 2.75) is 15.9 Å². The number of halogens is 1. The van der Waals surface area contributed by atoms with Crippen LogP contribution in [0.15, 0.2) is 0 Å². The van der Waals surface area contributed by atoms with Gasteiger partial charge >= 0.3 is 5.97 Å². The highest BCUT2D eigenvalue weighted by atomic mass is 127. The molecule has 0 spiro atoms. The Morgan fingerprint density at radius 1 is 1.15 bits per heavy atom. The van der Waals surface area contributed by atoms with Crippen molar-refractivity contribution in [1.82, 2.24) is 0 Å². The lowest BCUT2D eigenvalue weighted by molar-refractivity contribution is -0.596.